The van der Waals surface area contributed by atoms with Gasteiger partial charge in [0, 0.05) is 23.5 Å². The Morgan fingerprint density at radius 1 is 0.878 bits per heavy atom. The molecule has 258 valence electrons. The van der Waals surface area contributed by atoms with Gasteiger partial charge in [-0.1, -0.05) is 101 Å². The lowest BCUT2D eigenvalue weighted by molar-refractivity contribution is -0.140. The van der Waals surface area contributed by atoms with Crippen molar-refractivity contribution in [3.05, 3.63) is 129 Å². The van der Waals surface area contributed by atoms with E-state index in [4.69, 9.17) is 11.6 Å². The van der Waals surface area contributed by atoms with Gasteiger partial charge in [-0.3, -0.25) is 13.9 Å². The fourth-order valence-corrected chi connectivity index (χ4v) is 7.76. The van der Waals surface area contributed by atoms with Gasteiger partial charge in [0.25, 0.3) is 10.0 Å². The number of anilines is 1. The second kappa shape index (κ2) is 15.8. The quantitative estimate of drug-likeness (QED) is 0.158. The van der Waals surface area contributed by atoms with Crippen molar-refractivity contribution in [1.29, 1.82) is 0 Å². The fourth-order valence-electron chi connectivity index (χ4n) is 5.84. The standard InChI is InChI=1S/C36H34BrClF3N3O4S/c37-27-17-15-26(16-18-27)23-43(33(21-25-9-3-1-4-10-25)35(46)42-28-11-7-8-12-28)34(45)24-44(49(47,48)30-13-5-2-6-14-30)29-19-20-32(38)31(22-29)36(39,40)41/h1-6,9-10,13-20,22,28,33H,7-8,11-12,21,23-24H2,(H,42,46)/t33-/m1/s1. The fraction of sp³-hybridized carbons (Fsp3) is 0.278. The Hall–Kier alpha value is -3.87. The first-order valence-corrected chi connectivity index (χ1v) is 18.3. The van der Waals surface area contributed by atoms with E-state index in [9.17, 15) is 31.2 Å². The third-order valence-corrected chi connectivity index (χ3v) is 11.0. The number of nitrogens with one attached hydrogen (secondary N) is 1. The number of sulfonamides is 1. The molecule has 0 bridgehead atoms. The van der Waals surface area contributed by atoms with E-state index in [0.29, 0.717) is 15.9 Å². The smallest absolute Gasteiger partial charge is 0.352 e. The molecule has 1 aliphatic rings. The zero-order chi connectivity index (χ0) is 35.2. The molecule has 2 amide bonds. The zero-order valence-electron chi connectivity index (χ0n) is 26.2. The van der Waals surface area contributed by atoms with Gasteiger partial charge in [-0.25, -0.2) is 8.42 Å². The van der Waals surface area contributed by atoms with Crippen molar-refractivity contribution in [2.24, 2.45) is 0 Å². The summed E-state index contributed by atoms with van der Waals surface area (Å²) < 4.78 is 71.6. The average molecular weight is 777 g/mol. The van der Waals surface area contributed by atoms with Gasteiger partial charge < -0.3 is 10.2 Å². The maximum atomic E-state index is 14.6. The third kappa shape index (κ3) is 9.23. The zero-order valence-corrected chi connectivity index (χ0v) is 29.4. The first kappa shape index (κ1) is 36.4. The predicted molar refractivity (Wildman–Crippen MR) is 186 cm³/mol. The van der Waals surface area contributed by atoms with Crippen LogP contribution in [0.2, 0.25) is 5.02 Å². The number of alkyl halides is 3. The van der Waals surface area contributed by atoms with E-state index < -0.39 is 56.9 Å². The van der Waals surface area contributed by atoms with E-state index in [-0.39, 0.29) is 23.9 Å². The van der Waals surface area contributed by atoms with Crippen LogP contribution in [0, 0.1) is 0 Å². The molecule has 1 aliphatic carbocycles. The largest absolute Gasteiger partial charge is 0.417 e. The Kier molecular flexibility index (Phi) is 11.7. The van der Waals surface area contributed by atoms with Gasteiger partial charge in [-0.05, 0) is 66.4 Å². The van der Waals surface area contributed by atoms with Gasteiger partial charge in [0.05, 0.1) is 21.2 Å². The lowest BCUT2D eigenvalue weighted by Gasteiger charge is -2.34. The Morgan fingerprint density at radius 3 is 2.10 bits per heavy atom. The van der Waals surface area contributed by atoms with E-state index in [1.807, 2.05) is 30.3 Å². The molecule has 0 saturated heterocycles. The molecular formula is C36H34BrClF3N3O4S. The molecule has 0 unspecified atom stereocenters. The number of rotatable bonds is 12. The van der Waals surface area contributed by atoms with Crippen molar-refractivity contribution in [2.75, 3.05) is 10.8 Å². The highest BCUT2D eigenvalue weighted by atomic mass is 79.9. The molecule has 0 heterocycles. The third-order valence-electron chi connectivity index (χ3n) is 8.39. The molecule has 0 aliphatic heterocycles. The van der Waals surface area contributed by atoms with Crippen molar-refractivity contribution >= 4 is 55.1 Å². The van der Waals surface area contributed by atoms with E-state index in [2.05, 4.69) is 21.2 Å². The highest BCUT2D eigenvalue weighted by Gasteiger charge is 2.38. The van der Waals surface area contributed by atoms with Crippen LogP contribution < -0.4 is 9.62 Å². The Balaban J connectivity index is 1.60. The van der Waals surface area contributed by atoms with Crippen LogP contribution in [0.4, 0.5) is 18.9 Å². The summed E-state index contributed by atoms with van der Waals surface area (Å²) >= 11 is 9.29. The van der Waals surface area contributed by atoms with Gasteiger partial charge in [0.15, 0.2) is 0 Å². The van der Waals surface area contributed by atoms with Crippen molar-refractivity contribution < 1.29 is 31.2 Å². The number of carbonyl (C=O) groups excluding carboxylic acids is 2. The van der Waals surface area contributed by atoms with E-state index in [0.717, 1.165) is 47.9 Å². The number of carbonyl (C=O) groups is 2. The van der Waals surface area contributed by atoms with Crippen LogP contribution in [-0.2, 0) is 38.8 Å². The normalized spacial score (nSPS) is 14.3. The number of amides is 2. The predicted octanol–water partition coefficient (Wildman–Crippen LogP) is 8.02. The highest BCUT2D eigenvalue weighted by molar-refractivity contribution is 9.10. The second-order valence-corrected chi connectivity index (χ2v) is 15.0. The number of halogens is 5. The summed E-state index contributed by atoms with van der Waals surface area (Å²) in [5.41, 5.74) is -0.236. The van der Waals surface area contributed by atoms with Crippen LogP contribution >= 0.6 is 27.5 Å². The average Bonchev–Trinajstić information content (AvgIpc) is 3.59. The Morgan fingerprint density at radius 2 is 1.49 bits per heavy atom. The van der Waals surface area contributed by atoms with Crippen LogP contribution in [0.25, 0.3) is 0 Å². The molecule has 4 aromatic rings. The number of hydrogen-bond acceptors (Lipinski definition) is 4. The molecule has 7 nitrogen and oxygen atoms in total. The summed E-state index contributed by atoms with van der Waals surface area (Å²) in [6.07, 6.45) is -1.26. The maximum Gasteiger partial charge on any atom is 0.417 e. The monoisotopic (exact) mass is 775 g/mol. The molecule has 0 spiro atoms. The molecule has 1 fully saturated rings. The topological polar surface area (TPSA) is 86.8 Å². The number of hydrogen-bond donors (Lipinski definition) is 1. The number of nitrogens with zero attached hydrogens (tertiary/aromatic N) is 2. The van der Waals surface area contributed by atoms with Gasteiger partial charge in [0.2, 0.25) is 11.8 Å². The summed E-state index contributed by atoms with van der Waals surface area (Å²) in [5, 5.41) is 2.47. The van der Waals surface area contributed by atoms with E-state index >= 15 is 0 Å². The van der Waals surface area contributed by atoms with Crippen molar-refractivity contribution in [2.45, 2.75) is 61.8 Å². The van der Waals surface area contributed by atoms with E-state index in [1.165, 1.54) is 29.2 Å². The Bertz CT molecular complexity index is 1860. The molecule has 5 rings (SSSR count). The SMILES string of the molecule is O=C(NC1CCCC1)[C@@H](Cc1ccccc1)N(Cc1ccc(Br)cc1)C(=O)CN(c1ccc(Cl)c(C(F)(F)F)c1)S(=O)(=O)c1ccccc1. The van der Waals surface area contributed by atoms with Crippen molar-refractivity contribution in [3.8, 4) is 0 Å². The van der Waals surface area contributed by atoms with Crippen LogP contribution in [0.15, 0.2) is 112 Å². The van der Waals surface area contributed by atoms with Gasteiger partial charge in [-0.2, -0.15) is 13.2 Å². The highest BCUT2D eigenvalue weighted by Crippen LogP contribution is 2.38. The lowest BCUT2D eigenvalue weighted by atomic mass is 10.0. The summed E-state index contributed by atoms with van der Waals surface area (Å²) in [7, 11) is -4.59. The second-order valence-electron chi connectivity index (χ2n) is 11.8. The molecule has 1 N–H and O–H groups in total. The van der Waals surface area contributed by atoms with Crippen molar-refractivity contribution in [3.63, 3.8) is 0 Å². The lowest BCUT2D eigenvalue weighted by Crippen LogP contribution is -2.54. The molecule has 49 heavy (non-hydrogen) atoms. The summed E-state index contributed by atoms with van der Waals surface area (Å²) in [6.45, 7) is -0.968. The minimum atomic E-state index is -4.90. The van der Waals surface area contributed by atoms with Crippen LogP contribution in [-0.4, -0.2) is 43.8 Å². The molecule has 0 aromatic heterocycles. The molecule has 1 atom stereocenters. The first-order valence-electron chi connectivity index (χ1n) is 15.7. The summed E-state index contributed by atoms with van der Waals surface area (Å²) in [5.74, 6) is -1.18. The summed E-state index contributed by atoms with van der Waals surface area (Å²) in [4.78, 5) is 29.7. The minimum absolute atomic E-state index is 0.0692. The molecule has 0 radical (unpaired) electrons. The molecule has 1 saturated carbocycles. The molecule has 13 heteroatoms. The van der Waals surface area contributed by atoms with Crippen LogP contribution in [0.1, 0.15) is 42.4 Å². The maximum absolute atomic E-state index is 14.6. The first-order chi connectivity index (χ1) is 23.3. The van der Waals surface area contributed by atoms with Gasteiger partial charge in [-0.15, -0.1) is 0 Å². The van der Waals surface area contributed by atoms with Crippen LogP contribution in [0.5, 0.6) is 0 Å². The minimum Gasteiger partial charge on any atom is -0.352 e. The van der Waals surface area contributed by atoms with Gasteiger partial charge in [0.1, 0.15) is 12.6 Å². The molecule has 4 aromatic carbocycles. The molecular weight excluding hydrogens is 743 g/mol. The summed E-state index contributed by atoms with van der Waals surface area (Å²) in [6, 6.07) is 24.9. The Labute approximate surface area is 297 Å². The van der Waals surface area contributed by atoms with Gasteiger partial charge >= 0.3 is 6.18 Å². The number of benzene rings is 4. The van der Waals surface area contributed by atoms with Crippen molar-refractivity contribution in [1.82, 2.24) is 10.2 Å². The van der Waals surface area contributed by atoms with Crippen LogP contribution in [0.3, 0.4) is 0 Å². The van der Waals surface area contributed by atoms with E-state index in [1.54, 1.807) is 30.3 Å².